The maximum Gasteiger partial charge on any atom is 0.208 e. The van der Waals surface area contributed by atoms with Crippen molar-refractivity contribution in [2.24, 2.45) is 7.05 Å². The summed E-state index contributed by atoms with van der Waals surface area (Å²) in [4.78, 5) is 11.2. The first kappa shape index (κ1) is 15.2. The number of sulfonamides is 1. The van der Waals surface area contributed by atoms with Crippen molar-refractivity contribution in [1.29, 1.82) is 0 Å². The summed E-state index contributed by atoms with van der Waals surface area (Å²) in [5, 5.41) is 5.18. The number of anilines is 1. The molecule has 1 aliphatic heterocycles. The highest BCUT2D eigenvalue weighted by Gasteiger charge is 2.24. The van der Waals surface area contributed by atoms with E-state index in [4.69, 9.17) is 0 Å². The standard InChI is InChI=1S/C13H20N6O2S/c1-9-15-12-11(8-14-18(12)2)13(16-9)19-6-4-10(5-7-19)17-22(3,20)21/h8,10,17H,4-7H2,1-3H3. The Hall–Kier alpha value is -1.74. The van der Waals surface area contributed by atoms with Crippen LogP contribution in [0, 0.1) is 6.92 Å². The topological polar surface area (TPSA) is 93.0 Å². The molecule has 0 radical (unpaired) electrons. The molecule has 0 unspecified atom stereocenters. The number of aromatic nitrogens is 4. The SMILES string of the molecule is Cc1nc(N2CCC(NS(C)(=O)=O)CC2)c2cnn(C)c2n1. The number of nitrogens with one attached hydrogen (secondary N) is 1. The van der Waals surface area contributed by atoms with Crippen LogP contribution in [-0.4, -0.2) is 53.6 Å². The van der Waals surface area contributed by atoms with Gasteiger partial charge in [-0.25, -0.2) is 23.1 Å². The highest BCUT2D eigenvalue weighted by Crippen LogP contribution is 2.26. The summed E-state index contributed by atoms with van der Waals surface area (Å²) in [7, 11) is -1.29. The molecule has 3 rings (SSSR count). The molecule has 0 aliphatic carbocycles. The Bertz CT molecular complexity index is 792. The molecule has 120 valence electrons. The fourth-order valence-electron chi connectivity index (χ4n) is 2.87. The van der Waals surface area contributed by atoms with Crippen molar-refractivity contribution in [2.75, 3.05) is 24.2 Å². The summed E-state index contributed by atoms with van der Waals surface area (Å²) < 4.78 is 27.1. The fraction of sp³-hybridized carbons (Fsp3) is 0.615. The van der Waals surface area contributed by atoms with Crippen LogP contribution >= 0.6 is 0 Å². The lowest BCUT2D eigenvalue weighted by atomic mass is 10.1. The average Bonchev–Trinajstić information content (AvgIpc) is 2.79. The van der Waals surface area contributed by atoms with E-state index in [0.29, 0.717) is 5.82 Å². The second-order valence-corrected chi connectivity index (χ2v) is 7.53. The largest absolute Gasteiger partial charge is 0.356 e. The van der Waals surface area contributed by atoms with Gasteiger partial charge < -0.3 is 4.90 Å². The number of rotatable bonds is 3. The van der Waals surface area contributed by atoms with Gasteiger partial charge in [0.25, 0.3) is 0 Å². The predicted molar refractivity (Wildman–Crippen MR) is 84.3 cm³/mol. The zero-order valence-corrected chi connectivity index (χ0v) is 13.8. The highest BCUT2D eigenvalue weighted by molar-refractivity contribution is 7.88. The molecular weight excluding hydrogens is 304 g/mol. The average molecular weight is 324 g/mol. The second-order valence-electron chi connectivity index (χ2n) is 5.75. The molecule has 0 amide bonds. The molecule has 1 N–H and O–H groups in total. The molecule has 1 aliphatic rings. The lowest BCUT2D eigenvalue weighted by molar-refractivity contribution is 0.460. The van der Waals surface area contributed by atoms with Crippen LogP contribution in [0.5, 0.6) is 0 Å². The third kappa shape index (κ3) is 3.05. The molecule has 2 aromatic rings. The Morgan fingerprint density at radius 2 is 1.95 bits per heavy atom. The van der Waals surface area contributed by atoms with Crippen LogP contribution in [0.25, 0.3) is 11.0 Å². The van der Waals surface area contributed by atoms with E-state index >= 15 is 0 Å². The quantitative estimate of drug-likeness (QED) is 0.866. The van der Waals surface area contributed by atoms with Gasteiger partial charge in [0.2, 0.25) is 10.0 Å². The number of nitrogens with zero attached hydrogens (tertiary/aromatic N) is 5. The van der Waals surface area contributed by atoms with Crippen molar-refractivity contribution in [2.45, 2.75) is 25.8 Å². The van der Waals surface area contributed by atoms with E-state index in [1.165, 1.54) is 6.26 Å². The first-order valence-corrected chi connectivity index (χ1v) is 9.11. The molecule has 9 heteroatoms. The molecule has 0 atom stereocenters. The summed E-state index contributed by atoms with van der Waals surface area (Å²) in [6, 6.07) is -0.00132. The van der Waals surface area contributed by atoms with Gasteiger partial charge in [0.05, 0.1) is 17.8 Å². The molecule has 1 fully saturated rings. The van der Waals surface area contributed by atoms with Crippen molar-refractivity contribution in [3.05, 3.63) is 12.0 Å². The monoisotopic (exact) mass is 324 g/mol. The Labute approximate surface area is 129 Å². The van der Waals surface area contributed by atoms with Gasteiger partial charge in [0.15, 0.2) is 5.65 Å². The summed E-state index contributed by atoms with van der Waals surface area (Å²) >= 11 is 0. The summed E-state index contributed by atoms with van der Waals surface area (Å²) in [6.07, 6.45) is 4.51. The van der Waals surface area contributed by atoms with Gasteiger partial charge in [0.1, 0.15) is 11.6 Å². The fourth-order valence-corrected chi connectivity index (χ4v) is 3.71. The molecular formula is C13H20N6O2S. The summed E-state index contributed by atoms with van der Waals surface area (Å²) in [6.45, 7) is 3.38. The molecule has 0 spiro atoms. The van der Waals surface area contributed by atoms with E-state index in [1.54, 1.807) is 10.9 Å². The lowest BCUT2D eigenvalue weighted by Gasteiger charge is -2.33. The van der Waals surface area contributed by atoms with Crippen molar-refractivity contribution >= 4 is 26.9 Å². The van der Waals surface area contributed by atoms with E-state index in [2.05, 4.69) is 24.7 Å². The molecule has 22 heavy (non-hydrogen) atoms. The number of piperidine rings is 1. The highest BCUT2D eigenvalue weighted by atomic mass is 32.2. The zero-order chi connectivity index (χ0) is 15.9. The van der Waals surface area contributed by atoms with Crippen LogP contribution in [0.4, 0.5) is 5.82 Å². The number of aryl methyl sites for hydroxylation is 2. The van der Waals surface area contributed by atoms with Crippen molar-refractivity contribution in [3.8, 4) is 0 Å². The van der Waals surface area contributed by atoms with Crippen LogP contribution in [0.15, 0.2) is 6.20 Å². The summed E-state index contributed by atoms with van der Waals surface area (Å²) in [5.74, 6) is 1.59. The van der Waals surface area contributed by atoms with Gasteiger partial charge in [-0.15, -0.1) is 0 Å². The van der Waals surface area contributed by atoms with E-state index in [-0.39, 0.29) is 6.04 Å². The predicted octanol–water partition coefficient (Wildman–Crippen LogP) is 0.190. The molecule has 0 aromatic carbocycles. The van der Waals surface area contributed by atoms with Gasteiger partial charge in [-0.05, 0) is 19.8 Å². The Morgan fingerprint density at radius 3 is 2.59 bits per heavy atom. The normalized spacial score (nSPS) is 17.3. The molecule has 0 bridgehead atoms. The van der Waals surface area contributed by atoms with Gasteiger partial charge in [-0.2, -0.15) is 5.10 Å². The molecule has 2 aromatic heterocycles. The number of hydrogen-bond donors (Lipinski definition) is 1. The lowest BCUT2D eigenvalue weighted by Crippen LogP contribution is -2.44. The number of hydrogen-bond acceptors (Lipinski definition) is 6. The van der Waals surface area contributed by atoms with Crippen LogP contribution in [-0.2, 0) is 17.1 Å². The molecule has 1 saturated heterocycles. The van der Waals surface area contributed by atoms with Crippen LogP contribution in [0.2, 0.25) is 0 Å². The van der Waals surface area contributed by atoms with Crippen LogP contribution in [0.1, 0.15) is 18.7 Å². The van der Waals surface area contributed by atoms with E-state index in [1.807, 2.05) is 14.0 Å². The minimum atomic E-state index is -3.15. The van der Waals surface area contributed by atoms with Gasteiger partial charge >= 0.3 is 0 Å². The van der Waals surface area contributed by atoms with E-state index < -0.39 is 10.0 Å². The van der Waals surface area contributed by atoms with Crippen molar-refractivity contribution < 1.29 is 8.42 Å². The Kier molecular flexibility index (Phi) is 3.77. The first-order chi connectivity index (χ1) is 10.3. The van der Waals surface area contributed by atoms with Gasteiger partial charge in [-0.3, -0.25) is 4.68 Å². The number of fused-ring (bicyclic) bond motifs is 1. The van der Waals surface area contributed by atoms with E-state index in [9.17, 15) is 8.42 Å². The van der Waals surface area contributed by atoms with Crippen molar-refractivity contribution in [1.82, 2.24) is 24.5 Å². The van der Waals surface area contributed by atoms with E-state index in [0.717, 1.165) is 42.8 Å². The van der Waals surface area contributed by atoms with Crippen LogP contribution < -0.4 is 9.62 Å². The molecule has 8 nitrogen and oxygen atoms in total. The first-order valence-electron chi connectivity index (χ1n) is 7.22. The maximum absolute atomic E-state index is 11.3. The molecule has 0 saturated carbocycles. The second kappa shape index (κ2) is 5.47. The summed E-state index contributed by atoms with van der Waals surface area (Å²) in [5.41, 5.74) is 0.818. The maximum atomic E-state index is 11.3. The van der Waals surface area contributed by atoms with Gasteiger partial charge in [-0.1, -0.05) is 0 Å². The molecule has 3 heterocycles. The minimum absolute atomic E-state index is 0.00132. The van der Waals surface area contributed by atoms with Crippen LogP contribution in [0.3, 0.4) is 0 Å². The Morgan fingerprint density at radius 1 is 1.27 bits per heavy atom. The Balaban J connectivity index is 1.82. The third-order valence-electron chi connectivity index (χ3n) is 3.86. The minimum Gasteiger partial charge on any atom is -0.356 e. The smallest absolute Gasteiger partial charge is 0.208 e. The van der Waals surface area contributed by atoms with Gasteiger partial charge in [0, 0.05) is 26.2 Å². The third-order valence-corrected chi connectivity index (χ3v) is 4.62. The van der Waals surface area contributed by atoms with Crippen molar-refractivity contribution in [3.63, 3.8) is 0 Å². The zero-order valence-electron chi connectivity index (χ0n) is 12.9.